The van der Waals surface area contributed by atoms with Gasteiger partial charge in [0.15, 0.2) is 0 Å². The SMILES string of the molecule is CCNc1ncc(-c2ccncc2CC)c(-c2cc(C)oc2C)n1. The topological polar surface area (TPSA) is 63.8 Å². The molecule has 3 aromatic rings. The van der Waals surface area contributed by atoms with E-state index in [1.54, 1.807) is 0 Å². The smallest absolute Gasteiger partial charge is 0.223 e. The fourth-order valence-corrected chi connectivity index (χ4v) is 2.87. The summed E-state index contributed by atoms with van der Waals surface area (Å²) in [4.78, 5) is 13.5. The minimum absolute atomic E-state index is 0.626. The summed E-state index contributed by atoms with van der Waals surface area (Å²) in [6.07, 6.45) is 6.51. The van der Waals surface area contributed by atoms with E-state index in [9.17, 15) is 0 Å². The molecular formula is C19H22N4O. The Kier molecular flexibility index (Phi) is 4.60. The zero-order valence-electron chi connectivity index (χ0n) is 14.6. The summed E-state index contributed by atoms with van der Waals surface area (Å²) in [5, 5.41) is 3.19. The average Bonchev–Trinajstić information content (AvgIpc) is 2.93. The van der Waals surface area contributed by atoms with Crippen LogP contribution < -0.4 is 5.32 Å². The number of nitrogens with zero attached hydrogens (tertiary/aromatic N) is 3. The van der Waals surface area contributed by atoms with Crippen LogP contribution in [-0.2, 0) is 6.42 Å². The second-order valence-electron chi connectivity index (χ2n) is 5.70. The summed E-state index contributed by atoms with van der Waals surface area (Å²) in [6.45, 7) is 8.85. The van der Waals surface area contributed by atoms with Crippen molar-refractivity contribution in [3.63, 3.8) is 0 Å². The minimum Gasteiger partial charge on any atom is -0.466 e. The quantitative estimate of drug-likeness (QED) is 0.754. The molecule has 0 aliphatic carbocycles. The first-order valence-electron chi connectivity index (χ1n) is 8.25. The van der Waals surface area contributed by atoms with Crippen molar-refractivity contribution in [1.29, 1.82) is 0 Å². The Labute approximate surface area is 142 Å². The third-order valence-electron chi connectivity index (χ3n) is 3.99. The second-order valence-corrected chi connectivity index (χ2v) is 5.70. The Morgan fingerprint density at radius 3 is 2.58 bits per heavy atom. The zero-order chi connectivity index (χ0) is 17.1. The maximum atomic E-state index is 5.72. The van der Waals surface area contributed by atoms with Crippen molar-refractivity contribution < 1.29 is 4.42 Å². The van der Waals surface area contributed by atoms with Crippen molar-refractivity contribution in [3.8, 4) is 22.4 Å². The van der Waals surface area contributed by atoms with Crippen molar-refractivity contribution in [2.24, 2.45) is 0 Å². The van der Waals surface area contributed by atoms with Crippen molar-refractivity contribution in [1.82, 2.24) is 15.0 Å². The van der Waals surface area contributed by atoms with Crippen LogP contribution in [0.15, 0.2) is 35.1 Å². The van der Waals surface area contributed by atoms with E-state index < -0.39 is 0 Å². The Morgan fingerprint density at radius 1 is 1.08 bits per heavy atom. The molecule has 3 rings (SSSR count). The third kappa shape index (κ3) is 3.02. The zero-order valence-corrected chi connectivity index (χ0v) is 14.6. The van der Waals surface area contributed by atoms with Gasteiger partial charge in [-0.2, -0.15) is 0 Å². The molecule has 0 aliphatic heterocycles. The number of anilines is 1. The summed E-state index contributed by atoms with van der Waals surface area (Å²) in [7, 11) is 0. The molecule has 0 amide bonds. The first kappa shape index (κ1) is 16.2. The molecule has 3 heterocycles. The van der Waals surface area contributed by atoms with Gasteiger partial charge in [-0.3, -0.25) is 4.98 Å². The highest BCUT2D eigenvalue weighted by atomic mass is 16.3. The van der Waals surface area contributed by atoms with Crippen molar-refractivity contribution in [3.05, 3.63) is 47.8 Å². The second kappa shape index (κ2) is 6.83. The van der Waals surface area contributed by atoms with E-state index in [1.165, 1.54) is 5.56 Å². The molecule has 5 heteroatoms. The number of pyridine rings is 1. The lowest BCUT2D eigenvalue weighted by Gasteiger charge is -2.13. The number of aromatic nitrogens is 3. The molecule has 0 atom stereocenters. The summed E-state index contributed by atoms with van der Waals surface area (Å²) >= 11 is 0. The van der Waals surface area contributed by atoms with E-state index in [0.717, 1.165) is 46.9 Å². The summed E-state index contributed by atoms with van der Waals surface area (Å²) < 4.78 is 5.72. The number of hydrogen-bond acceptors (Lipinski definition) is 5. The molecule has 1 N–H and O–H groups in total. The molecule has 0 saturated heterocycles. The van der Waals surface area contributed by atoms with E-state index in [4.69, 9.17) is 9.40 Å². The van der Waals surface area contributed by atoms with Crippen LogP contribution >= 0.6 is 0 Å². The van der Waals surface area contributed by atoms with Gasteiger partial charge < -0.3 is 9.73 Å². The van der Waals surface area contributed by atoms with Gasteiger partial charge >= 0.3 is 0 Å². The predicted octanol–water partition coefficient (Wildman–Crippen LogP) is 4.41. The summed E-state index contributed by atoms with van der Waals surface area (Å²) in [5.41, 5.74) is 5.18. The van der Waals surface area contributed by atoms with Gasteiger partial charge in [0.25, 0.3) is 0 Å². The standard InChI is InChI=1S/C19H22N4O/c1-5-14-10-20-8-7-15(14)17-11-22-19(21-6-2)23-18(17)16-9-12(3)24-13(16)4/h7-11H,5-6H2,1-4H3,(H,21,22,23). The maximum Gasteiger partial charge on any atom is 0.223 e. The molecule has 0 fully saturated rings. The highest BCUT2D eigenvalue weighted by molar-refractivity contribution is 5.83. The highest BCUT2D eigenvalue weighted by Gasteiger charge is 2.17. The van der Waals surface area contributed by atoms with Crippen molar-refractivity contribution >= 4 is 5.95 Å². The third-order valence-corrected chi connectivity index (χ3v) is 3.99. The van der Waals surface area contributed by atoms with Gasteiger partial charge in [0.05, 0.1) is 5.69 Å². The first-order valence-corrected chi connectivity index (χ1v) is 8.25. The molecule has 24 heavy (non-hydrogen) atoms. The number of hydrogen-bond donors (Lipinski definition) is 1. The molecule has 0 bridgehead atoms. The lowest BCUT2D eigenvalue weighted by atomic mass is 9.97. The molecule has 124 valence electrons. The lowest BCUT2D eigenvalue weighted by Crippen LogP contribution is -2.04. The molecule has 0 aromatic carbocycles. The number of furan rings is 1. The first-order chi connectivity index (χ1) is 11.6. The van der Waals surface area contributed by atoms with Crippen molar-refractivity contribution in [2.45, 2.75) is 34.1 Å². The van der Waals surface area contributed by atoms with E-state index in [1.807, 2.05) is 51.5 Å². The number of nitrogens with one attached hydrogen (secondary N) is 1. The monoisotopic (exact) mass is 322 g/mol. The van der Waals surface area contributed by atoms with Crippen LogP contribution in [0.1, 0.15) is 30.9 Å². The van der Waals surface area contributed by atoms with Gasteiger partial charge in [-0.05, 0) is 50.5 Å². The Hall–Kier alpha value is -2.69. The van der Waals surface area contributed by atoms with E-state index in [0.29, 0.717) is 5.95 Å². The Balaban J connectivity index is 2.24. The van der Waals surface area contributed by atoms with Crippen LogP contribution in [0.2, 0.25) is 0 Å². The highest BCUT2D eigenvalue weighted by Crippen LogP contribution is 2.35. The van der Waals surface area contributed by atoms with Gasteiger partial charge in [0.1, 0.15) is 11.5 Å². The van der Waals surface area contributed by atoms with Gasteiger partial charge in [-0.25, -0.2) is 9.97 Å². The number of aryl methyl sites for hydroxylation is 3. The fourth-order valence-electron chi connectivity index (χ4n) is 2.87. The normalized spacial score (nSPS) is 10.8. The van der Waals surface area contributed by atoms with Crippen LogP contribution in [0, 0.1) is 13.8 Å². The van der Waals surface area contributed by atoms with Crippen LogP contribution in [-0.4, -0.2) is 21.5 Å². The molecule has 0 spiro atoms. The van der Waals surface area contributed by atoms with Crippen LogP contribution in [0.5, 0.6) is 0 Å². The maximum absolute atomic E-state index is 5.72. The molecule has 0 unspecified atom stereocenters. The summed E-state index contributed by atoms with van der Waals surface area (Å²) in [5.74, 6) is 2.37. The number of rotatable bonds is 5. The molecule has 0 aliphatic rings. The minimum atomic E-state index is 0.626. The Bertz CT molecular complexity index is 854. The average molecular weight is 322 g/mol. The Morgan fingerprint density at radius 2 is 1.92 bits per heavy atom. The van der Waals surface area contributed by atoms with Crippen LogP contribution in [0.3, 0.4) is 0 Å². The molecule has 3 aromatic heterocycles. The van der Waals surface area contributed by atoms with Gasteiger partial charge in [-0.1, -0.05) is 6.92 Å². The van der Waals surface area contributed by atoms with Gasteiger partial charge in [-0.15, -0.1) is 0 Å². The predicted molar refractivity (Wildman–Crippen MR) is 96.0 cm³/mol. The van der Waals surface area contributed by atoms with Crippen molar-refractivity contribution in [2.75, 3.05) is 11.9 Å². The molecule has 5 nitrogen and oxygen atoms in total. The largest absolute Gasteiger partial charge is 0.466 e. The molecule has 0 saturated carbocycles. The van der Waals surface area contributed by atoms with Gasteiger partial charge in [0.2, 0.25) is 5.95 Å². The lowest BCUT2D eigenvalue weighted by molar-refractivity contribution is 0.505. The van der Waals surface area contributed by atoms with Crippen LogP contribution in [0.25, 0.3) is 22.4 Å². The van der Waals surface area contributed by atoms with Crippen LogP contribution in [0.4, 0.5) is 5.95 Å². The van der Waals surface area contributed by atoms with Gasteiger partial charge in [0, 0.05) is 36.3 Å². The summed E-state index contributed by atoms with van der Waals surface area (Å²) in [6, 6.07) is 4.06. The fraction of sp³-hybridized carbons (Fsp3) is 0.316. The molecular weight excluding hydrogens is 300 g/mol. The van der Waals surface area contributed by atoms with E-state index in [-0.39, 0.29) is 0 Å². The molecule has 0 radical (unpaired) electrons. The van der Waals surface area contributed by atoms with E-state index in [2.05, 4.69) is 22.2 Å². The van der Waals surface area contributed by atoms with E-state index >= 15 is 0 Å².